The van der Waals surface area contributed by atoms with Gasteiger partial charge < -0.3 is 26.2 Å². The van der Waals surface area contributed by atoms with Crippen molar-refractivity contribution in [2.75, 3.05) is 33.0 Å². The molecule has 42 heavy (non-hydrogen) atoms. The molecule has 0 spiro atoms. The normalized spacial score (nSPS) is 9.48. The van der Waals surface area contributed by atoms with Crippen molar-refractivity contribution in [2.45, 2.75) is 163 Å². The fraction of sp³-hybridized carbons (Fsp3) is 0.938. The first-order valence-corrected chi connectivity index (χ1v) is 17.7. The molecule has 0 aromatic carbocycles. The topological polar surface area (TPSA) is 180 Å². The van der Waals surface area contributed by atoms with E-state index in [2.05, 4.69) is 27.0 Å². The van der Waals surface area contributed by atoms with Crippen molar-refractivity contribution >= 4 is 10.4 Å². The molecule has 0 heterocycles. The Balaban J connectivity index is -0.000000119. The smallest absolute Gasteiger partial charge is 0.394 e. The molecule has 0 unspecified atom stereocenters. The van der Waals surface area contributed by atoms with Gasteiger partial charge in [-0.25, -0.2) is 0 Å². The monoisotopic (exact) mass is 636 g/mol. The number of rotatable bonds is 22. The summed E-state index contributed by atoms with van der Waals surface area (Å²) in [6.07, 6.45) is 28.2. The molecule has 9 nitrogen and oxygen atoms in total. The van der Waals surface area contributed by atoms with E-state index >= 15 is 0 Å². The van der Waals surface area contributed by atoms with E-state index < -0.39 is 10.4 Å². The maximum Gasteiger partial charge on any atom is 0.394 e. The Bertz CT molecular complexity index is 435. The molecule has 10 heteroatoms. The SMILES string of the molecule is C=C.CCCCCCCCCCCCOCCCCCCCCCCCC.CCO.CCO.CCO.N.O=S(=O)(O)O. The lowest BCUT2D eigenvalue weighted by molar-refractivity contribution is 0.125. The van der Waals surface area contributed by atoms with Gasteiger partial charge in [-0.3, -0.25) is 9.11 Å². The van der Waals surface area contributed by atoms with Crippen molar-refractivity contribution in [3.05, 3.63) is 13.2 Å². The first kappa shape index (κ1) is 57.1. The van der Waals surface area contributed by atoms with Gasteiger partial charge in [-0.1, -0.05) is 129 Å². The summed E-state index contributed by atoms with van der Waals surface area (Å²) in [4.78, 5) is 0. The van der Waals surface area contributed by atoms with Crippen LogP contribution in [0.15, 0.2) is 13.2 Å². The van der Waals surface area contributed by atoms with Gasteiger partial charge in [-0.15, -0.1) is 13.2 Å². The fourth-order valence-electron chi connectivity index (χ4n) is 3.49. The van der Waals surface area contributed by atoms with Crippen molar-refractivity contribution in [1.29, 1.82) is 0 Å². The molecule has 0 saturated carbocycles. The maximum absolute atomic E-state index is 8.74. The average Bonchev–Trinajstić information content (AvgIpc) is 2.91. The van der Waals surface area contributed by atoms with Crippen molar-refractivity contribution < 1.29 is 37.6 Å². The zero-order valence-electron chi connectivity index (χ0n) is 28.7. The van der Waals surface area contributed by atoms with Gasteiger partial charge in [0.1, 0.15) is 0 Å². The molecule has 0 aromatic heterocycles. The van der Waals surface area contributed by atoms with Crippen LogP contribution in [0.4, 0.5) is 0 Å². The molecule has 0 bridgehead atoms. The molecule has 0 radical (unpaired) electrons. The fourth-order valence-corrected chi connectivity index (χ4v) is 3.49. The summed E-state index contributed by atoms with van der Waals surface area (Å²) in [5, 5.41) is 22.7. The molecule has 264 valence electrons. The van der Waals surface area contributed by atoms with Crippen LogP contribution in [0.3, 0.4) is 0 Å². The molecule has 0 aromatic rings. The van der Waals surface area contributed by atoms with Gasteiger partial charge in [0.15, 0.2) is 0 Å². The third kappa shape index (κ3) is 127. The van der Waals surface area contributed by atoms with Crippen LogP contribution in [-0.2, 0) is 15.1 Å². The predicted octanol–water partition coefficient (Wildman–Crippen LogP) is 9.15. The highest BCUT2D eigenvalue weighted by Crippen LogP contribution is 2.12. The summed E-state index contributed by atoms with van der Waals surface area (Å²) in [6, 6.07) is 0. The number of aliphatic hydroxyl groups is 3. The molecule has 0 aliphatic carbocycles. The molecule has 0 aliphatic heterocycles. The standard InChI is InChI=1S/C24H50O.3C2H6O.C2H4.H3N.H2O4S/c1-3-5-7-9-11-13-15-17-19-21-23-25-24-22-20-18-16-14-12-10-8-6-4-2;3*1-2-3;1-2;;1-5(2,3)4/h3-24H2,1-2H3;3*3H,2H2,1H3;1-2H2;1H3;(H2,1,2,3,4). The number of ether oxygens (including phenoxy) is 1. The summed E-state index contributed by atoms with van der Waals surface area (Å²) in [7, 11) is -4.67. The lowest BCUT2D eigenvalue weighted by Gasteiger charge is -2.05. The van der Waals surface area contributed by atoms with Crippen molar-refractivity contribution in [3.63, 3.8) is 0 Å². The van der Waals surface area contributed by atoms with Gasteiger partial charge in [0.25, 0.3) is 0 Å². The van der Waals surface area contributed by atoms with Gasteiger partial charge in [0.05, 0.1) is 0 Å². The lowest BCUT2D eigenvalue weighted by Crippen LogP contribution is -1.97. The van der Waals surface area contributed by atoms with E-state index in [0.29, 0.717) is 0 Å². The van der Waals surface area contributed by atoms with E-state index in [1.807, 2.05) is 0 Å². The largest absolute Gasteiger partial charge is 0.397 e. The number of aliphatic hydroxyl groups excluding tert-OH is 3. The van der Waals surface area contributed by atoms with E-state index in [1.165, 1.54) is 128 Å². The molecule has 0 atom stereocenters. The van der Waals surface area contributed by atoms with Crippen molar-refractivity contribution in [3.8, 4) is 0 Å². The molecule has 0 amide bonds. The molecular weight excluding hydrogens is 558 g/mol. The predicted molar refractivity (Wildman–Crippen MR) is 183 cm³/mol. The van der Waals surface area contributed by atoms with Crippen LogP contribution in [-0.4, -0.2) is 65.9 Å². The quantitative estimate of drug-likeness (QED) is 0.0384. The molecule has 0 rings (SSSR count). The van der Waals surface area contributed by atoms with E-state index in [9.17, 15) is 0 Å². The highest BCUT2D eigenvalue weighted by atomic mass is 32.3. The summed E-state index contributed by atoms with van der Waals surface area (Å²) >= 11 is 0. The molecular formula is C32H77NO8S. The van der Waals surface area contributed by atoms with Crippen LogP contribution >= 0.6 is 0 Å². The summed E-state index contributed by atoms with van der Waals surface area (Å²) in [6.45, 7) is 18.4. The van der Waals surface area contributed by atoms with Crippen LogP contribution in [0.25, 0.3) is 0 Å². The second kappa shape index (κ2) is 63.6. The summed E-state index contributed by atoms with van der Waals surface area (Å²) in [5.74, 6) is 0. The first-order valence-electron chi connectivity index (χ1n) is 16.3. The van der Waals surface area contributed by atoms with E-state index in [-0.39, 0.29) is 26.0 Å². The first-order chi connectivity index (χ1) is 19.7. The van der Waals surface area contributed by atoms with E-state index in [0.717, 1.165) is 13.2 Å². The van der Waals surface area contributed by atoms with Crippen molar-refractivity contribution in [1.82, 2.24) is 6.15 Å². The minimum Gasteiger partial charge on any atom is -0.397 e. The Morgan fingerprint density at radius 1 is 0.452 bits per heavy atom. The average molecular weight is 636 g/mol. The molecule has 0 saturated heterocycles. The second-order valence-corrected chi connectivity index (χ2v) is 10.3. The van der Waals surface area contributed by atoms with Crippen molar-refractivity contribution in [2.24, 2.45) is 0 Å². The van der Waals surface area contributed by atoms with Crippen LogP contribution in [0.5, 0.6) is 0 Å². The summed E-state index contributed by atoms with van der Waals surface area (Å²) < 4.78 is 37.4. The second-order valence-electron chi connectivity index (χ2n) is 9.37. The van der Waals surface area contributed by atoms with Gasteiger partial charge in [0, 0.05) is 33.0 Å². The third-order valence-electron chi connectivity index (χ3n) is 5.28. The summed E-state index contributed by atoms with van der Waals surface area (Å²) in [5.41, 5.74) is 0. The Hall–Kier alpha value is -0.590. The van der Waals surface area contributed by atoms with Crippen LogP contribution in [0.2, 0.25) is 0 Å². The Morgan fingerprint density at radius 3 is 0.762 bits per heavy atom. The number of hydrogen-bond acceptors (Lipinski definition) is 7. The maximum atomic E-state index is 8.74. The molecule has 0 aliphatic rings. The zero-order valence-corrected chi connectivity index (χ0v) is 29.5. The lowest BCUT2D eigenvalue weighted by atomic mass is 10.1. The number of unbranched alkanes of at least 4 members (excludes halogenated alkanes) is 18. The van der Waals surface area contributed by atoms with Crippen LogP contribution in [0, 0.1) is 0 Å². The minimum absolute atomic E-state index is 0. The van der Waals surface area contributed by atoms with E-state index in [1.54, 1.807) is 20.8 Å². The van der Waals surface area contributed by atoms with E-state index in [4.69, 9.17) is 37.6 Å². The Labute approximate surface area is 263 Å². The highest BCUT2D eigenvalue weighted by molar-refractivity contribution is 7.79. The van der Waals surface area contributed by atoms with Gasteiger partial charge in [0.2, 0.25) is 0 Å². The van der Waals surface area contributed by atoms with Gasteiger partial charge >= 0.3 is 10.4 Å². The number of hydrogen-bond donors (Lipinski definition) is 6. The Kier molecular flexibility index (Phi) is 86.5. The zero-order chi connectivity index (χ0) is 32.9. The van der Waals surface area contributed by atoms with Crippen LogP contribution < -0.4 is 6.15 Å². The highest BCUT2D eigenvalue weighted by Gasteiger charge is 1.95. The minimum atomic E-state index is -4.67. The third-order valence-corrected chi connectivity index (χ3v) is 5.28. The van der Waals surface area contributed by atoms with Crippen LogP contribution in [0.1, 0.15) is 163 Å². The molecule has 0 fully saturated rings. The van der Waals surface area contributed by atoms with Gasteiger partial charge in [-0.2, -0.15) is 8.42 Å². The van der Waals surface area contributed by atoms with Gasteiger partial charge in [-0.05, 0) is 33.6 Å². The molecule has 8 N–H and O–H groups in total. The Morgan fingerprint density at radius 2 is 0.595 bits per heavy atom.